The maximum atomic E-state index is 9.70. The van der Waals surface area contributed by atoms with Gasteiger partial charge >= 0.3 is 0 Å². The van der Waals surface area contributed by atoms with Gasteiger partial charge in [-0.05, 0) is 37.6 Å². The number of benzene rings is 1. The summed E-state index contributed by atoms with van der Waals surface area (Å²) in [5.41, 5.74) is 2.78. The minimum atomic E-state index is -0.538. The lowest BCUT2D eigenvalue weighted by Crippen LogP contribution is -2.02. The van der Waals surface area contributed by atoms with Gasteiger partial charge in [0.1, 0.15) is 12.4 Å². The fourth-order valence-electron chi connectivity index (χ4n) is 1.75. The Kier molecular flexibility index (Phi) is 3.95. The molecule has 0 amide bonds. The summed E-state index contributed by atoms with van der Waals surface area (Å²) in [4.78, 5) is 4.20. The monoisotopic (exact) mass is 243 g/mol. The minimum absolute atomic E-state index is 0.407. The largest absolute Gasteiger partial charge is 0.487 e. The predicted molar refractivity (Wildman–Crippen MR) is 70.4 cm³/mol. The number of hydrogen-bond acceptors (Lipinski definition) is 3. The molecule has 2 rings (SSSR count). The maximum absolute atomic E-state index is 9.70. The van der Waals surface area contributed by atoms with Gasteiger partial charge in [-0.25, -0.2) is 0 Å². The number of ether oxygens (including phenoxy) is 1. The van der Waals surface area contributed by atoms with Crippen molar-refractivity contribution in [2.75, 3.05) is 0 Å². The highest BCUT2D eigenvalue weighted by atomic mass is 16.5. The third-order valence-corrected chi connectivity index (χ3v) is 2.72. The molecule has 0 spiro atoms. The first-order valence-electron chi connectivity index (χ1n) is 5.98. The van der Waals surface area contributed by atoms with Crippen molar-refractivity contribution >= 4 is 0 Å². The van der Waals surface area contributed by atoms with Gasteiger partial charge in [-0.15, -0.1) is 0 Å². The normalized spacial score (nSPS) is 12.2. The summed E-state index contributed by atoms with van der Waals surface area (Å²) in [6, 6.07) is 11.5. The van der Waals surface area contributed by atoms with Crippen LogP contribution in [0.5, 0.6) is 5.75 Å². The second-order valence-electron chi connectivity index (χ2n) is 4.33. The Morgan fingerprint density at radius 1 is 1.28 bits per heavy atom. The van der Waals surface area contributed by atoms with Gasteiger partial charge in [-0.2, -0.15) is 0 Å². The number of aryl methyl sites for hydroxylation is 1. The molecule has 0 aliphatic rings. The number of pyridine rings is 1. The van der Waals surface area contributed by atoms with Crippen molar-refractivity contribution in [3.8, 4) is 5.75 Å². The lowest BCUT2D eigenvalue weighted by Gasteiger charge is -2.14. The van der Waals surface area contributed by atoms with E-state index < -0.39 is 6.10 Å². The smallest absolute Gasteiger partial charge is 0.130 e. The van der Waals surface area contributed by atoms with Crippen LogP contribution in [0.4, 0.5) is 0 Å². The van der Waals surface area contributed by atoms with Crippen molar-refractivity contribution < 1.29 is 9.84 Å². The van der Waals surface area contributed by atoms with Gasteiger partial charge in [0.05, 0.1) is 11.8 Å². The summed E-state index contributed by atoms with van der Waals surface area (Å²) in [5, 5.41) is 9.70. The van der Waals surface area contributed by atoms with E-state index in [-0.39, 0.29) is 0 Å². The highest BCUT2D eigenvalue weighted by molar-refractivity contribution is 5.38. The Balaban J connectivity index is 2.15. The van der Waals surface area contributed by atoms with E-state index >= 15 is 0 Å². The van der Waals surface area contributed by atoms with Crippen molar-refractivity contribution in [2.24, 2.45) is 0 Å². The first-order valence-corrected chi connectivity index (χ1v) is 5.98. The number of aliphatic hydroxyl groups is 1. The topological polar surface area (TPSA) is 42.4 Å². The summed E-state index contributed by atoms with van der Waals surface area (Å²) in [6.45, 7) is 4.14. The van der Waals surface area contributed by atoms with E-state index in [9.17, 15) is 5.11 Å². The molecule has 0 bridgehead atoms. The van der Waals surface area contributed by atoms with Crippen molar-refractivity contribution in [3.63, 3.8) is 0 Å². The summed E-state index contributed by atoms with van der Waals surface area (Å²) in [6.07, 6.45) is 1.20. The molecule has 1 heterocycles. The molecule has 94 valence electrons. The molecule has 3 nitrogen and oxygen atoms in total. The van der Waals surface area contributed by atoms with E-state index in [0.717, 1.165) is 22.6 Å². The first-order chi connectivity index (χ1) is 8.66. The van der Waals surface area contributed by atoms with E-state index in [0.29, 0.717) is 6.61 Å². The standard InChI is InChI=1S/C15H17NO2/c1-11-6-7-14(12(2)17)15(9-11)18-10-13-5-3-4-8-16-13/h3-9,12,17H,10H2,1-2H3. The van der Waals surface area contributed by atoms with Crippen LogP contribution < -0.4 is 4.74 Å². The highest BCUT2D eigenvalue weighted by Crippen LogP contribution is 2.26. The summed E-state index contributed by atoms with van der Waals surface area (Å²) < 4.78 is 5.74. The number of hydrogen-bond donors (Lipinski definition) is 1. The fourth-order valence-corrected chi connectivity index (χ4v) is 1.75. The molecule has 18 heavy (non-hydrogen) atoms. The van der Waals surface area contributed by atoms with Crippen LogP contribution in [-0.4, -0.2) is 10.1 Å². The molecule has 0 saturated heterocycles. The number of aliphatic hydroxyl groups excluding tert-OH is 1. The van der Waals surface area contributed by atoms with Crippen molar-refractivity contribution in [1.82, 2.24) is 4.98 Å². The molecule has 0 aliphatic carbocycles. The average Bonchev–Trinajstić information content (AvgIpc) is 2.37. The van der Waals surface area contributed by atoms with E-state index in [4.69, 9.17) is 4.74 Å². The van der Waals surface area contributed by atoms with E-state index in [1.165, 1.54) is 0 Å². The van der Waals surface area contributed by atoms with Crippen molar-refractivity contribution in [3.05, 3.63) is 59.4 Å². The molecule has 0 fully saturated rings. The van der Waals surface area contributed by atoms with Crippen LogP contribution in [0.1, 0.15) is 29.8 Å². The van der Waals surface area contributed by atoms with Gasteiger partial charge in [-0.1, -0.05) is 18.2 Å². The third-order valence-electron chi connectivity index (χ3n) is 2.72. The van der Waals surface area contributed by atoms with Crippen molar-refractivity contribution in [2.45, 2.75) is 26.6 Å². The molecule has 1 N–H and O–H groups in total. The lowest BCUT2D eigenvalue weighted by molar-refractivity contribution is 0.190. The Morgan fingerprint density at radius 2 is 2.11 bits per heavy atom. The zero-order valence-electron chi connectivity index (χ0n) is 10.6. The number of aromatic nitrogens is 1. The quantitative estimate of drug-likeness (QED) is 0.897. The van der Waals surface area contributed by atoms with Gasteiger partial charge in [-0.3, -0.25) is 4.98 Å². The van der Waals surface area contributed by atoms with Gasteiger partial charge < -0.3 is 9.84 Å². The van der Waals surface area contributed by atoms with Gasteiger partial charge in [0.2, 0.25) is 0 Å². The van der Waals surface area contributed by atoms with Crippen LogP contribution in [0.15, 0.2) is 42.6 Å². The molecule has 3 heteroatoms. The number of nitrogens with zero attached hydrogens (tertiary/aromatic N) is 1. The third kappa shape index (κ3) is 3.08. The highest BCUT2D eigenvalue weighted by Gasteiger charge is 2.09. The molecule has 0 saturated carbocycles. The Labute approximate surface area is 107 Å². The van der Waals surface area contributed by atoms with Gasteiger partial charge in [0.15, 0.2) is 0 Å². The zero-order valence-corrected chi connectivity index (χ0v) is 10.6. The maximum Gasteiger partial charge on any atom is 0.130 e. The molecule has 2 aromatic rings. The molecular weight excluding hydrogens is 226 g/mol. The van der Waals surface area contributed by atoms with E-state index in [1.807, 2.05) is 43.3 Å². The Bertz CT molecular complexity index is 509. The Hall–Kier alpha value is -1.87. The summed E-state index contributed by atoms with van der Waals surface area (Å²) in [5.74, 6) is 0.718. The molecule has 1 aromatic heterocycles. The van der Waals surface area contributed by atoms with Gasteiger partial charge in [0.25, 0.3) is 0 Å². The zero-order chi connectivity index (χ0) is 13.0. The number of rotatable bonds is 4. The molecule has 0 radical (unpaired) electrons. The average molecular weight is 243 g/mol. The molecule has 1 unspecified atom stereocenters. The van der Waals surface area contributed by atoms with E-state index in [2.05, 4.69) is 4.98 Å². The second kappa shape index (κ2) is 5.65. The fraction of sp³-hybridized carbons (Fsp3) is 0.267. The molecular formula is C15H17NO2. The van der Waals surface area contributed by atoms with Gasteiger partial charge in [0, 0.05) is 11.8 Å². The lowest BCUT2D eigenvalue weighted by atomic mass is 10.1. The van der Waals surface area contributed by atoms with Crippen LogP contribution in [0, 0.1) is 6.92 Å². The second-order valence-corrected chi connectivity index (χ2v) is 4.33. The molecule has 0 aliphatic heterocycles. The predicted octanol–water partition coefficient (Wildman–Crippen LogP) is 3.02. The molecule has 1 aromatic carbocycles. The van der Waals surface area contributed by atoms with Crippen molar-refractivity contribution in [1.29, 1.82) is 0 Å². The SMILES string of the molecule is Cc1ccc(C(C)O)c(OCc2ccccn2)c1. The van der Waals surface area contributed by atoms with Crippen LogP contribution >= 0.6 is 0 Å². The summed E-state index contributed by atoms with van der Waals surface area (Å²) in [7, 11) is 0. The van der Waals surface area contributed by atoms with Crippen LogP contribution in [0.25, 0.3) is 0 Å². The Morgan fingerprint density at radius 3 is 2.78 bits per heavy atom. The van der Waals surface area contributed by atoms with Crippen LogP contribution in [0.2, 0.25) is 0 Å². The first kappa shape index (κ1) is 12.6. The summed E-state index contributed by atoms with van der Waals surface area (Å²) >= 11 is 0. The minimum Gasteiger partial charge on any atom is -0.487 e. The van der Waals surface area contributed by atoms with Crippen LogP contribution in [0.3, 0.4) is 0 Å². The van der Waals surface area contributed by atoms with E-state index in [1.54, 1.807) is 13.1 Å². The molecule has 1 atom stereocenters. The van der Waals surface area contributed by atoms with Crippen LogP contribution in [-0.2, 0) is 6.61 Å².